The molecule has 2 aliphatic rings. The number of hydrogen-bond acceptors (Lipinski definition) is 10. The van der Waals surface area contributed by atoms with E-state index in [1.807, 2.05) is 36.4 Å². The molecule has 0 spiro atoms. The molecule has 1 saturated carbocycles. The Morgan fingerprint density at radius 2 is 1.64 bits per heavy atom. The second-order valence-electron chi connectivity index (χ2n) is 10.9. The van der Waals surface area contributed by atoms with E-state index in [-0.39, 0.29) is 5.92 Å². The van der Waals surface area contributed by atoms with Crippen LogP contribution in [0.15, 0.2) is 73.3 Å². The van der Waals surface area contributed by atoms with Crippen molar-refractivity contribution >= 4 is 22.9 Å². The van der Waals surface area contributed by atoms with E-state index in [0.29, 0.717) is 41.3 Å². The van der Waals surface area contributed by atoms with Crippen molar-refractivity contribution in [3.8, 4) is 0 Å². The van der Waals surface area contributed by atoms with Gasteiger partial charge in [-0.05, 0) is 24.0 Å². The number of rotatable bonds is 9. The Labute approximate surface area is 242 Å². The first kappa shape index (κ1) is 26.5. The fourth-order valence-electron chi connectivity index (χ4n) is 6.01. The molecule has 0 amide bonds. The van der Waals surface area contributed by atoms with Crippen molar-refractivity contribution in [2.75, 3.05) is 17.2 Å². The SMILES string of the molecule is O[C@@H]1[C@H](O)[C@@H](c2ncn[nH]2)O[C@H]1n1cnc2c(NCC(c3ccccc3)c3ccccc3)nc(NC3CCCC3)nc21. The number of hydrogen-bond donors (Lipinski definition) is 5. The lowest BCUT2D eigenvalue weighted by atomic mass is 9.91. The number of fused-ring (bicyclic) bond motifs is 1. The second kappa shape index (κ2) is 11.5. The van der Waals surface area contributed by atoms with Crippen molar-refractivity contribution in [2.45, 2.75) is 62.2 Å². The van der Waals surface area contributed by atoms with E-state index in [4.69, 9.17) is 14.7 Å². The number of aliphatic hydroxyl groups is 2. The molecular weight excluding hydrogens is 534 g/mol. The molecule has 3 aromatic heterocycles. The molecule has 12 heteroatoms. The van der Waals surface area contributed by atoms with Gasteiger partial charge in [-0.2, -0.15) is 15.1 Å². The number of anilines is 2. The molecular formula is C30H33N9O3. The van der Waals surface area contributed by atoms with Crippen LogP contribution < -0.4 is 10.6 Å². The monoisotopic (exact) mass is 567 g/mol. The van der Waals surface area contributed by atoms with E-state index in [2.05, 4.69) is 55.1 Å². The van der Waals surface area contributed by atoms with Gasteiger partial charge in [0.2, 0.25) is 5.95 Å². The summed E-state index contributed by atoms with van der Waals surface area (Å²) < 4.78 is 7.75. The normalized spacial score (nSPS) is 22.7. The minimum absolute atomic E-state index is 0.0727. The number of nitrogens with one attached hydrogen (secondary N) is 3. The molecule has 2 aromatic carbocycles. The first-order valence-electron chi connectivity index (χ1n) is 14.4. The van der Waals surface area contributed by atoms with Crippen molar-refractivity contribution in [1.82, 2.24) is 34.7 Å². The van der Waals surface area contributed by atoms with Crippen molar-refractivity contribution in [1.29, 1.82) is 0 Å². The molecule has 1 aliphatic carbocycles. The van der Waals surface area contributed by atoms with Crippen molar-refractivity contribution in [3.05, 3.63) is 90.3 Å². The zero-order valence-electron chi connectivity index (χ0n) is 22.9. The third-order valence-electron chi connectivity index (χ3n) is 8.20. The largest absolute Gasteiger partial charge is 0.387 e. The second-order valence-corrected chi connectivity index (χ2v) is 10.9. The molecule has 216 valence electrons. The molecule has 4 atom stereocenters. The molecule has 1 aliphatic heterocycles. The molecule has 1 saturated heterocycles. The molecule has 4 heterocycles. The summed E-state index contributed by atoms with van der Waals surface area (Å²) >= 11 is 0. The van der Waals surface area contributed by atoms with E-state index in [1.54, 1.807) is 10.9 Å². The van der Waals surface area contributed by atoms with Crippen LogP contribution >= 0.6 is 0 Å². The highest BCUT2D eigenvalue weighted by Crippen LogP contribution is 2.39. The van der Waals surface area contributed by atoms with Gasteiger partial charge >= 0.3 is 0 Å². The third-order valence-corrected chi connectivity index (χ3v) is 8.20. The summed E-state index contributed by atoms with van der Waals surface area (Å²) in [6.45, 7) is 0.574. The molecule has 0 radical (unpaired) electrons. The number of ether oxygens (including phenoxy) is 1. The quantitative estimate of drug-likeness (QED) is 0.178. The zero-order chi connectivity index (χ0) is 28.5. The standard InChI is InChI=1S/C30H33N9O3/c40-23-24(41)29(42-25(23)27-32-16-34-38-27)39-17-33-22-26(36-30(37-28(22)39)35-20-13-7-8-14-20)31-15-21(18-9-3-1-4-10-18)19-11-5-2-6-12-19/h1-6,9-12,16-17,20-21,23-25,29,40-41H,7-8,13-15H2,(H,32,34,38)(H2,31,35,36,37)/t23-,24+,25-,29+/m0/s1. The number of aromatic nitrogens is 7. The summed E-state index contributed by atoms with van der Waals surface area (Å²) in [7, 11) is 0. The first-order valence-corrected chi connectivity index (χ1v) is 14.4. The fraction of sp³-hybridized carbons (Fsp3) is 0.367. The van der Waals surface area contributed by atoms with Crippen molar-refractivity contribution in [2.24, 2.45) is 0 Å². The van der Waals surface area contributed by atoms with Gasteiger partial charge < -0.3 is 25.6 Å². The lowest BCUT2D eigenvalue weighted by Crippen LogP contribution is -2.29. The molecule has 5 aromatic rings. The van der Waals surface area contributed by atoms with Gasteiger partial charge in [0.15, 0.2) is 29.0 Å². The van der Waals surface area contributed by atoms with E-state index in [9.17, 15) is 10.2 Å². The maximum absolute atomic E-state index is 11.0. The van der Waals surface area contributed by atoms with Gasteiger partial charge in [0.1, 0.15) is 24.6 Å². The van der Waals surface area contributed by atoms with Gasteiger partial charge in [0.05, 0.1) is 6.33 Å². The predicted octanol–water partition coefficient (Wildman–Crippen LogP) is 3.53. The lowest BCUT2D eigenvalue weighted by molar-refractivity contribution is -0.0382. The highest BCUT2D eigenvalue weighted by atomic mass is 16.6. The van der Waals surface area contributed by atoms with E-state index in [1.165, 1.54) is 30.3 Å². The first-order chi connectivity index (χ1) is 20.7. The molecule has 2 fully saturated rings. The maximum atomic E-state index is 11.0. The molecule has 42 heavy (non-hydrogen) atoms. The smallest absolute Gasteiger partial charge is 0.227 e. The van der Waals surface area contributed by atoms with Gasteiger partial charge in [0.25, 0.3) is 0 Å². The Hall–Kier alpha value is -4.39. The van der Waals surface area contributed by atoms with Gasteiger partial charge in [-0.1, -0.05) is 73.5 Å². The van der Waals surface area contributed by atoms with E-state index >= 15 is 0 Å². The average molecular weight is 568 g/mol. The van der Waals surface area contributed by atoms with Crippen molar-refractivity contribution in [3.63, 3.8) is 0 Å². The summed E-state index contributed by atoms with van der Waals surface area (Å²) in [5, 5.41) is 35.4. The Morgan fingerprint density at radius 1 is 0.929 bits per heavy atom. The van der Waals surface area contributed by atoms with Crippen LogP contribution in [0, 0.1) is 0 Å². The fourth-order valence-corrected chi connectivity index (χ4v) is 6.01. The Morgan fingerprint density at radius 3 is 2.31 bits per heavy atom. The summed E-state index contributed by atoms with van der Waals surface area (Å²) in [5.41, 5.74) is 3.40. The summed E-state index contributed by atoms with van der Waals surface area (Å²) in [5.74, 6) is 1.47. The summed E-state index contributed by atoms with van der Waals surface area (Å²) in [4.78, 5) is 18.4. The van der Waals surface area contributed by atoms with Gasteiger partial charge in [-0.15, -0.1) is 0 Å². The Kier molecular flexibility index (Phi) is 7.24. The Bertz CT molecular complexity index is 1570. The lowest BCUT2D eigenvalue weighted by Gasteiger charge is -2.20. The summed E-state index contributed by atoms with van der Waals surface area (Å²) in [6.07, 6.45) is 3.09. The number of aliphatic hydroxyl groups excluding tert-OH is 2. The van der Waals surface area contributed by atoms with E-state index < -0.39 is 24.5 Å². The number of H-pyrrole nitrogens is 1. The minimum atomic E-state index is -1.24. The summed E-state index contributed by atoms with van der Waals surface area (Å²) in [6, 6.07) is 21.0. The zero-order valence-corrected chi connectivity index (χ0v) is 22.9. The molecule has 0 bridgehead atoms. The van der Waals surface area contributed by atoms with Crippen LogP contribution in [-0.2, 0) is 4.74 Å². The van der Waals surface area contributed by atoms with Crippen LogP contribution in [0.3, 0.4) is 0 Å². The predicted molar refractivity (Wildman–Crippen MR) is 156 cm³/mol. The number of benzene rings is 2. The van der Waals surface area contributed by atoms with Crippen molar-refractivity contribution < 1.29 is 14.9 Å². The van der Waals surface area contributed by atoms with Gasteiger partial charge in [-0.3, -0.25) is 9.67 Å². The highest BCUT2D eigenvalue weighted by Gasteiger charge is 2.46. The number of aromatic amines is 1. The molecule has 12 nitrogen and oxygen atoms in total. The van der Waals surface area contributed by atoms with Crippen LogP contribution in [0.25, 0.3) is 11.2 Å². The van der Waals surface area contributed by atoms with Gasteiger partial charge in [0, 0.05) is 18.5 Å². The van der Waals surface area contributed by atoms with Crippen LogP contribution in [0.1, 0.15) is 60.9 Å². The number of nitrogens with zero attached hydrogens (tertiary/aromatic N) is 6. The minimum Gasteiger partial charge on any atom is -0.387 e. The van der Waals surface area contributed by atoms with E-state index in [0.717, 1.165) is 12.8 Å². The third kappa shape index (κ3) is 5.08. The van der Waals surface area contributed by atoms with Crippen LogP contribution in [0.4, 0.5) is 11.8 Å². The highest BCUT2D eigenvalue weighted by molar-refractivity contribution is 5.84. The molecule has 0 unspecified atom stereocenters. The van der Waals surface area contributed by atoms with Gasteiger partial charge in [-0.25, -0.2) is 9.97 Å². The number of imidazole rings is 1. The topological polar surface area (TPSA) is 159 Å². The Balaban J connectivity index is 1.24. The van der Waals surface area contributed by atoms with Crippen LogP contribution in [-0.4, -0.2) is 69.7 Å². The average Bonchev–Trinajstić information content (AvgIpc) is 3.84. The van der Waals surface area contributed by atoms with Crippen LogP contribution in [0.2, 0.25) is 0 Å². The molecule has 5 N–H and O–H groups in total. The maximum Gasteiger partial charge on any atom is 0.227 e. The van der Waals surface area contributed by atoms with Crippen LogP contribution in [0.5, 0.6) is 0 Å². The molecule has 7 rings (SSSR count).